The first-order valence-electron chi connectivity index (χ1n) is 11.0. The lowest BCUT2D eigenvalue weighted by molar-refractivity contribution is -0.108. The minimum absolute atomic E-state index is 0.0211. The van der Waals surface area contributed by atoms with Gasteiger partial charge in [-0.25, -0.2) is 4.79 Å². The highest BCUT2D eigenvalue weighted by Gasteiger charge is 2.60. The van der Waals surface area contributed by atoms with Gasteiger partial charge in [0.2, 0.25) is 0 Å². The van der Waals surface area contributed by atoms with E-state index in [1.807, 2.05) is 14.0 Å². The van der Waals surface area contributed by atoms with Gasteiger partial charge in [-0.3, -0.25) is 0 Å². The number of carbonyl (C=O) groups is 1. The molecule has 0 unspecified atom stereocenters. The van der Waals surface area contributed by atoms with Gasteiger partial charge in [0.1, 0.15) is 6.10 Å². The number of rotatable bonds is 3. The molecule has 4 heteroatoms. The molecule has 4 aliphatic carbocycles. The van der Waals surface area contributed by atoms with E-state index in [4.69, 9.17) is 14.2 Å². The molecule has 0 aromatic heterocycles. The Hall–Kier alpha value is -1.03. The fraction of sp³-hybridized carbons (Fsp3) is 0.870. The molecule has 4 nitrogen and oxygen atoms in total. The van der Waals surface area contributed by atoms with E-state index in [9.17, 15) is 4.79 Å². The van der Waals surface area contributed by atoms with Gasteiger partial charge in [-0.1, -0.05) is 26.0 Å². The van der Waals surface area contributed by atoms with Crippen molar-refractivity contribution < 1.29 is 19.0 Å². The second kappa shape index (κ2) is 7.09. The molecule has 0 spiro atoms. The van der Waals surface area contributed by atoms with Crippen molar-refractivity contribution in [2.45, 2.75) is 77.9 Å². The standard InChI is InChI=1S/C23H36O4/c1-5-26-21(24)27-20-9-8-18-17-7-6-15-14-16(25-4)10-12-22(15,2)19(17)11-13-23(18,20)3/h10,12,15-20H,5-9,11,13-14H2,1-4H3/t15-,16+,17-,18-,19-,20-,22-,23-/m0/s1. The summed E-state index contributed by atoms with van der Waals surface area (Å²) >= 11 is 0. The van der Waals surface area contributed by atoms with Crippen molar-refractivity contribution in [3.8, 4) is 0 Å². The van der Waals surface area contributed by atoms with E-state index < -0.39 is 6.16 Å². The van der Waals surface area contributed by atoms with Crippen LogP contribution in [0.4, 0.5) is 4.79 Å². The van der Waals surface area contributed by atoms with Crippen molar-refractivity contribution in [3.63, 3.8) is 0 Å². The quantitative estimate of drug-likeness (QED) is 0.491. The molecule has 0 heterocycles. The Bertz CT molecular complexity index is 601. The monoisotopic (exact) mass is 376 g/mol. The number of carbonyl (C=O) groups excluding carboxylic acids is 1. The molecule has 8 atom stereocenters. The molecule has 0 N–H and O–H groups in total. The van der Waals surface area contributed by atoms with Gasteiger partial charge in [0.05, 0.1) is 12.7 Å². The smallest absolute Gasteiger partial charge is 0.435 e. The molecule has 0 aliphatic heterocycles. The Morgan fingerprint density at radius 2 is 1.93 bits per heavy atom. The summed E-state index contributed by atoms with van der Waals surface area (Å²) < 4.78 is 16.5. The van der Waals surface area contributed by atoms with Crippen LogP contribution in [0.25, 0.3) is 0 Å². The maximum atomic E-state index is 11.9. The van der Waals surface area contributed by atoms with Crippen molar-refractivity contribution in [3.05, 3.63) is 12.2 Å². The zero-order valence-electron chi connectivity index (χ0n) is 17.4. The molecule has 3 fully saturated rings. The molecular weight excluding hydrogens is 340 g/mol. The third kappa shape index (κ3) is 3.03. The summed E-state index contributed by atoms with van der Waals surface area (Å²) in [6, 6.07) is 0. The van der Waals surface area contributed by atoms with Crippen molar-refractivity contribution in [2.75, 3.05) is 13.7 Å². The van der Waals surface area contributed by atoms with E-state index in [2.05, 4.69) is 26.0 Å². The third-order valence-electron chi connectivity index (χ3n) is 8.87. The van der Waals surface area contributed by atoms with E-state index in [0.717, 1.165) is 30.6 Å². The lowest BCUT2D eigenvalue weighted by atomic mass is 9.46. The topological polar surface area (TPSA) is 44.8 Å². The van der Waals surface area contributed by atoms with E-state index in [0.29, 0.717) is 24.0 Å². The van der Waals surface area contributed by atoms with Crippen molar-refractivity contribution >= 4 is 6.16 Å². The van der Waals surface area contributed by atoms with E-state index >= 15 is 0 Å². The van der Waals surface area contributed by atoms with E-state index in [1.165, 1.54) is 32.1 Å². The summed E-state index contributed by atoms with van der Waals surface area (Å²) in [5.74, 6) is 2.92. The van der Waals surface area contributed by atoms with Gasteiger partial charge >= 0.3 is 6.16 Å². The van der Waals surface area contributed by atoms with Crippen LogP contribution in [0.1, 0.15) is 65.7 Å². The first-order chi connectivity index (χ1) is 12.9. The third-order valence-corrected chi connectivity index (χ3v) is 8.87. The molecule has 0 bridgehead atoms. The molecule has 0 aromatic rings. The number of methoxy groups -OCH3 is 1. The van der Waals surface area contributed by atoms with Crippen LogP contribution in [0.3, 0.4) is 0 Å². The first-order valence-corrected chi connectivity index (χ1v) is 11.0. The average Bonchev–Trinajstić information content (AvgIpc) is 2.97. The first kappa shape index (κ1) is 19.3. The Kier molecular flexibility index (Phi) is 5.07. The molecule has 0 amide bonds. The molecule has 0 radical (unpaired) electrons. The predicted molar refractivity (Wildman–Crippen MR) is 104 cm³/mol. The van der Waals surface area contributed by atoms with Gasteiger partial charge < -0.3 is 14.2 Å². The van der Waals surface area contributed by atoms with Gasteiger partial charge in [0, 0.05) is 12.5 Å². The number of hydrogen-bond acceptors (Lipinski definition) is 4. The molecule has 152 valence electrons. The van der Waals surface area contributed by atoms with Crippen molar-refractivity contribution in [2.24, 2.45) is 34.5 Å². The van der Waals surface area contributed by atoms with E-state index in [-0.39, 0.29) is 11.5 Å². The van der Waals surface area contributed by atoms with E-state index in [1.54, 1.807) is 0 Å². The second-order valence-corrected chi connectivity index (χ2v) is 9.80. The van der Waals surface area contributed by atoms with Crippen LogP contribution in [-0.4, -0.2) is 32.1 Å². The number of fused-ring (bicyclic) bond motifs is 5. The predicted octanol–water partition coefficient (Wildman–Crippen LogP) is 5.36. The lowest BCUT2D eigenvalue weighted by Gasteiger charge is -2.59. The highest BCUT2D eigenvalue weighted by Crippen LogP contribution is 2.65. The SMILES string of the molecule is CCOC(=O)O[C@H]1CC[C@H]2[C@@H]3CC[C@H]4C[C@H](OC)C=C[C@]4(C)[C@H]3CC[C@]12C. The van der Waals surface area contributed by atoms with Crippen LogP contribution in [0, 0.1) is 34.5 Å². The molecule has 0 saturated heterocycles. The maximum absolute atomic E-state index is 11.9. The highest BCUT2D eigenvalue weighted by atomic mass is 16.7. The van der Waals surface area contributed by atoms with Crippen LogP contribution in [0.15, 0.2) is 12.2 Å². The summed E-state index contributed by atoms with van der Waals surface area (Å²) in [7, 11) is 1.83. The summed E-state index contributed by atoms with van der Waals surface area (Å²) in [4.78, 5) is 11.9. The molecule has 3 saturated carbocycles. The number of hydrogen-bond donors (Lipinski definition) is 0. The Labute approximate surface area is 164 Å². The van der Waals surface area contributed by atoms with Gasteiger partial charge in [-0.05, 0) is 81.0 Å². The Balaban J connectivity index is 1.53. The molecule has 4 rings (SSSR count). The van der Waals surface area contributed by atoms with Gasteiger partial charge in [0.15, 0.2) is 0 Å². The second-order valence-electron chi connectivity index (χ2n) is 9.80. The Morgan fingerprint density at radius 1 is 1.11 bits per heavy atom. The minimum Gasteiger partial charge on any atom is -0.435 e. The number of allylic oxidation sites excluding steroid dienone is 1. The highest BCUT2D eigenvalue weighted by molar-refractivity contribution is 5.60. The zero-order valence-corrected chi connectivity index (χ0v) is 17.4. The lowest BCUT2D eigenvalue weighted by Crippen LogP contribution is -2.53. The van der Waals surface area contributed by atoms with Crippen LogP contribution in [0.2, 0.25) is 0 Å². The summed E-state index contributed by atoms with van der Waals surface area (Å²) in [6.45, 7) is 7.08. The summed E-state index contributed by atoms with van der Waals surface area (Å²) in [5, 5.41) is 0. The number of ether oxygens (including phenoxy) is 3. The van der Waals surface area contributed by atoms with Crippen LogP contribution in [-0.2, 0) is 14.2 Å². The molecular formula is C23H36O4. The molecule has 0 aromatic carbocycles. The normalized spacial score (nSPS) is 48.3. The maximum Gasteiger partial charge on any atom is 0.508 e. The summed E-state index contributed by atoms with van der Waals surface area (Å²) in [5.41, 5.74) is 0.421. The molecule has 4 aliphatic rings. The van der Waals surface area contributed by atoms with Gasteiger partial charge in [0.25, 0.3) is 0 Å². The fourth-order valence-electron chi connectivity index (χ4n) is 7.36. The van der Waals surface area contributed by atoms with Gasteiger partial charge in [-0.2, -0.15) is 0 Å². The zero-order chi connectivity index (χ0) is 19.2. The summed E-state index contributed by atoms with van der Waals surface area (Å²) in [6.07, 6.45) is 13.0. The van der Waals surface area contributed by atoms with Gasteiger partial charge in [-0.15, -0.1) is 0 Å². The largest absolute Gasteiger partial charge is 0.508 e. The Morgan fingerprint density at radius 3 is 2.67 bits per heavy atom. The average molecular weight is 377 g/mol. The molecule has 27 heavy (non-hydrogen) atoms. The van der Waals surface area contributed by atoms with Crippen molar-refractivity contribution in [1.29, 1.82) is 0 Å². The van der Waals surface area contributed by atoms with Crippen LogP contribution in [0.5, 0.6) is 0 Å². The minimum atomic E-state index is -0.483. The van der Waals surface area contributed by atoms with Crippen molar-refractivity contribution in [1.82, 2.24) is 0 Å². The fourth-order valence-corrected chi connectivity index (χ4v) is 7.36. The van der Waals surface area contributed by atoms with Crippen LogP contribution < -0.4 is 0 Å². The van der Waals surface area contributed by atoms with Crippen LogP contribution >= 0.6 is 0 Å².